The Kier molecular flexibility index (Phi) is 3.49. The van der Waals surface area contributed by atoms with Crippen LogP contribution >= 0.6 is 0 Å². The topological polar surface area (TPSA) is 38.1 Å². The first-order chi connectivity index (χ1) is 6.29. The molecule has 0 radical (unpaired) electrons. The number of anilines is 1. The first kappa shape index (κ1) is 9.77. The molecule has 0 saturated carbocycles. The molecular formula is C9H15N3O. The fourth-order valence-corrected chi connectivity index (χ4v) is 1.16. The highest BCUT2D eigenvalue weighted by Crippen LogP contribution is 2.10. The number of rotatable bonds is 5. The first-order valence-electron chi connectivity index (χ1n) is 4.49. The van der Waals surface area contributed by atoms with Gasteiger partial charge in [0.15, 0.2) is 0 Å². The number of carbonyl (C=O) groups excluding carboxylic acids is 1. The van der Waals surface area contributed by atoms with Crippen molar-refractivity contribution in [3.05, 3.63) is 12.3 Å². The average Bonchev–Trinajstić information content (AvgIpc) is 2.61. The molecule has 0 aromatic carbocycles. The number of aryl methyl sites for hydroxylation is 1. The number of unbranched alkanes of at least 4 members (excludes halogenated alkanes) is 1. The predicted molar refractivity (Wildman–Crippen MR) is 51.6 cm³/mol. The molecule has 1 amide bonds. The monoisotopic (exact) mass is 181 g/mol. The van der Waals surface area contributed by atoms with E-state index in [4.69, 9.17) is 0 Å². The predicted octanol–water partition coefficient (Wildman–Crippen LogP) is 1.28. The van der Waals surface area contributed by atoms with Gasteiger partial charge in [-0.1, -0.05) is 13.3 Å². The molecule has 0 aliphatic rings. The van der Waals surface area contributed by atoms with E-state index in [-0.39, 0.29) is 0 Å². The van der Waals surface area contributed by atoms with E-state index in [0.717, 1.165) is 31.6 Å². The Labute approximate surface area is 78.1 Å². The third-order valence-electron chi connectivity index (χ3n) is 1.94. The highest BCUT2D eigenvalue weighted by Gasteiger charge is 2.05. The molecule has 0 unspecified atom stereocenters. The zero-order valence-corrected chi connectivity index (χ0v) is 8.10. The summed E-state index contributed by atoms with van der Waals surface area (Å²) in [5, 5.41) is 4.14. The van der Waals surface area contributed by atoms with Crippen LogP contribution in [0.3, 0.4) is 0 Å². The van der Waals surface area contributed by atoms with Crippen molar-refractivity contribution in [2.24, 2.45) is 0 Å². The smallest absolute Gasteiger partial charge is 0.215 e. The highest BCUT2D eigenvalue weighted by molar-refractivity contribution is 5.71. The number of nitrogens with zero attached hydrogens (tertiary/aromatic N) is 3. The number of hydrogen-bond acceptors (Lipinski definition) is 2. The fraction of sp³-hybridized carbons (Fsp3) is 0.556. The van der Waals surface area contributed by atoms with Crippen LogP contribution in [0.4, 0.5) is 5.82 Å². The second-order valence-electron chi connectivity index (χ2n) is 2.98. The Bertz CT molecular complexity index is 270. The molecule has 0 bridgehead atoms. The van der Waals surface area contributed by atoms with Crippen LogP contribution in [0.2, 0.25) is 0 Å². The lowest BCUT2D eigenvalue weighted by atomic mass is 10.3. The number of carbonyl (C=O) groups is 1. The van der Waals surface area contributed by atoms with Gasteiger partial charge in [-0.15, -0.1) is 0 Å². The maximum Gasteiger partial charge on any atom is 0.215 e. The average molecular weight is 181 g/mol. The zero-order valence-electron chi connectivity index (χ0n) is 8.10. The minimum Gasteiger partial charge on any atom is -0.303 e. The molecule has 0 fully saturated rings. The van der Waals surface area contributed by atoms with Crippen LogP contribution in [-0.4, -0.2) is 23.2 Å². The van der Waals surface area contributed by atoms with Gasteiger partial charge in [0.25, 0.3) is 0 Å². The van der Waals surface area contributed by atoms with E-state index >= 15 is 0 Å². The minimum absolute atomic E-state index is 0.791. The maximum atomic E-state index is 10.5. The van der Waals surface area contributed by atoms with Gasteiger partial charge < -0.3 is 4.90 Å². The molecule has 72 valence electrons. The summed E-state index contributed by atoms with van der Waals surface area (Å²) in [4.78, 5) is 12.0. The summed E-state index contributed by atoms with van der Waals surface area (Å²) >= 11 is 0. The van der Waals surface area contributed by atoms with Crippen molar-refractivity contribution in [3.63, 3.8) is 0 Å². The summed E-state index contributed by atoms with van der Waals surface area (Å²) in [7, 11) is 1.73. The summed E-state index contributed by atoms with van der Waals surface area (Å²) < 4.78 is 1.85. The fourth-order valence-electron chi connectivity index (χ4n) is 1.16. The molecule has 0 N–H and O–H groups in total. The van der Waals surface area contributed by atoms with Crippen LogP contribution < -0.4 is 4.90 Å². The molecule has 1 aromatic rings. The van der Waals surface area contributed by atoms with Gasteiger partial charge in [0, 0.05) is 19.7 Å². The van der Waals surface area contributed by atoms with E-state index in [2.05, 4.69) is 12.0 Å². The molecule has 4 heteroatoms. The number of aromatic nitrogens is 2. The van der Waals surface area contributed by atoms with Crippen LogP contribution in [0, 0.1) is 0 Å². The van der Waals surface area contributed by atoms with Crippen molar-refractivity contribution in [1.82, 2.24) is 9.78 Å². The van der Waals surface area contributed by atoms with Gasteiger partial charge in [-0.2, -0.15) is 5.10 Å². The van der Waals surface area contributed by atoms with Crippen molar-refractivity contribution < 1.29 is 4.79 Å². The van der Waals surface area contributed by atoms with E-state index < -0.39 is 0 Å². The van der Waals surface area contributed by atoms with Crippen molar-refractivity contribution in [2.45, 2.75) is 26.3 Å². The van der Waals surface area contributed by atoms with Gasteiger partial charge in [-0.05, 0) is 6.42 Å². The van der Waals surface area contributed by atoms with Gasteiger partial charge in [-0.25, -0.2) is 4.68 Å². The van der Waals surface area contributed by atoms with Crippen molar-refractivity contribution in [2.75, 3.05) is 11.9 Å². The van der Waals surface area contributed by atoms with Crippen LogP contribution in [0.5, 0.6) is 0 Å². The van der Waals surface area contributed by atoms with Crippen LogP contribution in [0.15, 0.2) is 12.3 Å². The van der Waals surface area contributed by atoms with E-state index in [1.165, 1.54) is 4.90 Å². The van der Waals surface area contributed by atoms with Gasteiger partial charge in [0.1, 0.15) is 5.82 Å². The number of hydrogen-bond donors (Lipinski definition) is 0. The van der Waals surface area contributed by atoms with E-state index in [9.17, 15) is 4.79 Å². The molecule has 1 rings (SSSR count). The van der Waals surface area contributed by atoms with Crippen LogP contribution in [0.1, 0.15) is 19.8 Å². The van der Waals surface area contributed by atoms with Gasteiger partial charge in [0.05, 0.1) is 6.20 Å². The summed E-state index contributed by atoms with van der Waals surface area (Å²) in [6.45, 7) is 3.00. The molecule has 0 atom stereocenters. The normalized spacial score (nSPS) is 10.0. The molecule has 0 aliphatic heterocycles. The molecule has 0 spiro atoms. The number of amides is 1. The Hall–Kier alpha value is -1.32. The van der Waals surface area contributed by atoms with E-state index in [1.807, 2.05) is 10.7 Å². The lowest BCUT2D eigenvalue weighted by Crippen LogP contribution is -2.18. The first-order valence-corrected chi connectivity index (χ1v) is 4.49. The molecular weight excluding hydrogens is 166 g/mol. The minimum atomic E-state index is 0.791. The maximum absolute atomic E-state index is 10.5. The molecule has 0 saturated heterocycles. The quantitative estimate of drug-likeness (QED) is 0.642. The largest absolute Gasteiger partial charge is 0.303 e. The van der Waals surface area contributed by atoms with E-state index in [1.54, 1.807) is 13.2 Å². The molecule has 0 aliphatic carbocycles. The van der Waals surface area contributed by atoms with Crippen LogP contribution in [0.25, 0.3) is 0 Å². The van der Waals surface area contributed by atoms with Gasteiger partial charge in [0.2, 0.25) is 6.41 Å². The Balaban J connectivity index is 2.70. The van der Waals surface area contributed by atoms with E-state index in [0.29, 0.717) is 0 Å². The van der Waals surface area contributed by atoms with Gasteiger partial charge in [-0.3, -0.25) is 4.79 Å². The molecule has 4 nitrogen and oxygen atoms in total. The van der Waals surface area contributed by atoms with Crippen LogP contribution in [-0.2, 0) is 11.3 Å². The Morgan fingerprint density at radius 1 is 1.69 bits per heavy atom. The summed E-state index contributed by atoms with van der Waals surface area (Å²) in [6.07, 6.45) is 4.72. The van der Waals surface area contributed by atoms with Crippen molar-refractivity contribution in [1.29, 1.82) is 0 Å². The Morgan fingerprint density at radius 3 is 3.08 bits per heavy atom. The molecule has 1 heterocycles. The van der Waals surface area contributed by atoms with Crippen molar-refractivity contribution >= 4 is 12.2 Å². The third-order valence-corrected chi connectivity index (χ3v) is 1.94. The molecule has 1 aromatic heterocycles. The highest BCUT2D eigenvalue weighted by atomic mass is 16.1. The lowest BCUT2D eigenvalue weighted by Gasteiger charge is -2.12. The summed E-state index contributed by atoms with van der Waals surface area (Å²) in [5.74, 6) is 0.850. The lowest BCUT2D eigenvalue weighted by molar-refractivity contribution is -0.107. The standard InChI is InChI=1S/C9H15N3O/c1-3-4-7-12-9(5-6-10-12)11(2)8-13/h5-6,8H,3-4,7H2,1-2H3. The zero-order chi connectivity index (χ0) is 9.68. The van der Waals surface area contributed by atoms with Gasteiger partial charge >= 0.3 is 0 Å². The second-order valence-corrected chi connectivity index (χ2v) is 2.98. The summed E-state index contributed by atoms with van der Waals surface area (Å²) in [6, 6.07) is 1.84. The summed E-state index contributed by atoms with van der Waals surface area (Å²) in [5.41, 5.74) is 0. The third kappa shape index (κ3) is 2.31. The Morgan fingerprint density at radius 2 is 2.46 bits per heavy atom. The SMILES string of the molecule is CCCCn1nccc1N(C)C=O. The second kappa shape index (κ2) is 4.64. The molecule has 13 heavy (non-hydrogen) atoms. The van der Waals surface area contributed by atoms with Crippen molar-refractivity contribution in [3.8, 4) is 0 Å².